The second kappa shape index (κ2) is 16.3. The fourth-order valence-electron chi connectivity index (χ4n) is 9.98. The third kappa shape index (κ3) is 8.18. The summed E-state index contributed by atoms with van der Waals surface area (Å²) in [5, 5.41) is 2.70. The standard InChI is InChI=1S/C43H54F2N4O5S/c1-3-46-41(51)31-11-15-37(16-12-31)55(52,53)38-17-13-36(14-18-38)49-28-42(45,29-49)27-48-23-19-33(20-24-48)43(30-47-21-6-22-47,34-8-5-9-35(44)26-34)39-10-4-7-32(39)25-40(50)54-2/h5,8-9,11-18,26,32-33,39H,3-4,6-7,10,19-25,27-30H2,1-2H3,(H,46,51)/t32-,39+,43+/m1/s1. The number of carbonyl (C=O) groups excluding carboxylic acids is 2. The Labute approximate surface area is 324 Å². The number of nitrogens with zero attached hydrogens (tertiary/aromatic N) is 3. The summed E-state index contributed by atoms with van der Waals surface area (Å²) in [6, 6.07) is 19.6. The molecule has 3 heterocycles. The first-order valence-corrected chi connectivity index (χ1v) is 21.4. The number of alkyl halides is 1. The lowest BCUT2D eigenvalue weighted by Crippen LogP contribution is -2.64. The molecule has 1 saturated carbocycles. The number of amides is 1. The van der Waals surface area contributed by atoms with Gasteiger partial charge in [0.05, 0.1) is 30.0 Å². The van der Waals surface area contributed by atoms with Crippen LogP contribution in [0.2, 0.25) is 0 Å². The van der Waals surface area contributed by atoms with E-state index < -0.39 is 15.5 Å². The largest absolute Gasteiger partial charge is 0.469 e. The Morgan fingerprint density at radius 1 is 0.891 bits per heavy atom. The number of hydrogen-bond acceptors (Lipinski definition) is 8. The summed E-state index contributed by atoms with van der Waals surface area (Å²) in [4.78, 5) is 31.6. The molecule has 0 radical (unpaired) electrons. The molecule has 1 aliphatic carbocycles. The number of carbonyl (C=O) groups is 2. The molecule has 9 nitrogen and oxygen atoms in total. The van der Waals surface area contributed by atoms with Gasteiger partial charge in [0.1, 0.15) is 5.82 Å². The molecule has 7 rings (SSSR count). The predicted molar refractivity (Wildman–Crippen MR) is 208 cm³/mol. The van der Waals surface area contributed by atoms with Crippen LogP contribution in [-0.4, -0.2) is 102 Å². The number of sulfone groups is 1. The number of methoxy groups -OCH3 is 1. The zero-order chi connectivity index (χ0) is 38.8. The van der Waals surface area contributed by atoms with Crippen molar-refractivity contribution in [2.24, 2.45) is 17.8 Å². The highest BCUT2D eigenvalue weighted by Gasteiger charge is 2.53. The molecule has 3 aromatic rings. The molecule has 55 heavy (non-hydrogen) atoms. The Morgan fingerprint density at radius 2 is 1.56 bits per heavy atom. The van der Waals surface area contributed by atoms with Crippen LogP contribution in [0.15, 0.2) is 82.6 Å². The van der Waals surface area contributed by atoms with Crippen molar-refractivity contribution in [2.45, 2.75) is 72.7 Å². The van der Waals surface area contributed by atoms with E-state index in [1.54, 1.807) is 30.3 Å². The lowest BCUT2D eigenvalue weighted by molar-refractivity contribution is -0.142. The summed E-state index contributed by atoms with van der Waals surface area (Å²) in [6.45, 7) is 7.45. The van der Waals surface area contributed by atoms with E-state index in [0.29, 0.717) is 25.1 Å². The van der Waals surface area contributed by atoms with Crippen molar-refractivity contribution >= 4 is 27.4 Å². The van der Waals surface area contributed by atoms with E-state index in [0.717, 1.165) is 82.5 Å². The summed E-state index contributed by atoms with van der Waals surface area (Å²) < 4.78 is 63.0. The van der Waals surface area contributed by atoms with Crippen LogP contribution in [0.5, 0.6) is 0 Å². The fourth-order valence-corrected chi connectivity index (χ4v) is 11.2. The third-order valence-corrected chi connectivity index (χ3v) is 14.6. The molecule has 12 heteroatoms. The molecule has 3 saturated heterocycles. The van der Waals surface area contributed by atoms with Crippen molar-refractivity contribution in [3.8, 4) is 0 Å². The minimum Gasteiger partial charge on any atom is -0.469 e. The molecule has 0 unspecified atom stereocenters. The topological polar surface area (TPSA) is 99.3 Å². The van der Waals surface area contributed by atoms with Gasteiger partial charge < -0.3 is 19.9 Å². The van der Waals surface area contributed by atoms with Crippen LogP contribution in [-0.2, 0) is 24.8 Å². The molecule has 3 aromatic carbocycles. The summed E-state index contributed by atoms with van der Waals surface area (Å²) in [5.41, 5.74) is 0.476. The number of esters is 1. The predicted octanol–water partition coefficient (Wildman–Crippen LogP) is 6.27. The monoisotopic (exact) mass is 776 g/mol. The van der Waals surface area contributed by atoms with Gasteiger partial charge >= 0.3 is 5.97 Å². The second-order valence-corrected chi connectivity index (χ2v) is 18.1. The molecular formula is C43H54F2N4O5S. The molecule has 4 aliphatic rings. The number of rotatable bonds is 14. The molecule has 4 fully saturated rings. The van der Waals surface area contributed by atoms with Gasteiger partial charge in [0.25, 0.3) is 5.91 Å². The normalized spacial score (nSPS) is 23.0. The molecule has 3 aliphatic heterocycles. The number of halogens is 2. The molecule has 296 valence electrons. The van der Waals surface area contributed by atoms with Gasteiger partial charge in [0.2, 0.25) is 9.84 Å². The number of likely N-dealkylation sites (tertiary alicyclic amines) is 2. The van der Waals surface area contributed by atoms with Crippen LogP contribution in [0.3, 0.4) is 0 Å². The first-order chi connectivity index (χ1) is 26.4. The van der Waals surface area contributed by atoms with Crippen molar-refractivity contribution in [3.63, 3.8) is 0 Å². The SMILES string of the molecule is CCNC(=O)c1ccc(S(=O)(=O)c2ccc(N3CC(F)(CN4CCC([C@@](CN5CCC5)(c5cccc(F)c5)[C@H]5CCC[C@@H]5CC(=O)OC)CC4)C3)cc2)cc1. The first kappa shape index (κ1) is 39.4. The van der Waals surface area contributed by atoms with Gasteiger partial charge in [-0.15, -0.1) is 0 Å². The average Bonchev–Trinajstić information content (AvgIpc) is 3.62. The van der Waals surface area contributed by atoms with Gasteiger partial charge in [-0.2, -0.15) is 0 Å². The van der Waals surface area contributed by atoms with Crippen molar-refractivity contribution in [2.75, 3.05) is 70.9 Å². The van der Waals surface area contributed by atoms with Gasteiger partial charge in [-0.1, -0.05) is 18.6 Å². The summed E-state index contributed by atoms with van der Waals surface area (Å²) in [5.74, 6) is -0.0280. The van der Waals surface area contributed by atoms with Crippen molar-refractivity contribution in [3.05, 3.63) is 89.7 Å². The Morgan fingerprint density at radius 3 is 2.16 bits per heavy atom. The van der Waals surface area contributed by atoms with E-state index in [-0.39, 0.29) is 63.7 Å². The van der Waals surface area contributed by atoms with Crippen LogP contribution in [0.4, 0.5) is 14.5 Å². The molecule has 1 N–H and O–H groups in total. The van der Waals surface area contributed by atoms with Gasteiger partial charge in [0, 0.05) is 42.7 Å². The highest BCUT2D eigenvalue weighted by atomic mass is 32.2. The van der Waals surface area contributed by atoms with Crippen LogP contribution in [0.1, 0.15) is 67.8 Å². The van der Waals surface area contributed by atoms with Crippen LogP contribution < -0.4 is 10.2 Å². The first-order valence-electron chi connectivity index (χ1n) is 19.9. The maximum Gasteiger partial charge on any atom is 0.305 e. The molecule has 1 amide bonds. The lowest BCUT2D eigenvalue weighted by Gasteiger charge is -2.54. The average molecular weight is 777 g/mol. The summed E-state index contributed by atoms with van der Waals surface area (Å²) in [7, 11) is -2.35. The quantitative estimate of drug-likeness (QED) is 0.192. The molecular weight excluding hydrogens is 723 g/mol. The van der Waals surface area contributed by atoms with E-state index in [4.69, 9.17) is 4.74 Å². The summed E-state index contributed by atoms with van der Waals surface area (Å²) >= 11 is 0. The van der Waals surface area contributed by atoms with Gasteiger partial charge in [-0.05, 0) is 149 Å². The lowest BCUT2D eigenvalue weighted by atomic mass is 9.56. The third-order valence-electron chi connectivity index (χ3n) is 12.8. The van der Waals surface area contributed by atoms with E-state index in [1.807, 2.05) is 17.9 Å². The zero-order valence-corrected chi connectivity index (χ0v) is 32.8. The Bertz CT molecular complexity index is 1930. The maximum absolute atomic E-state index is 16.3. The van der Waals surface area contributed by atoms with Crippen molar-refractivity contribution < 1.29 is 31.5 Å². The molecule has 0 spiro atoms. The molecule has 0 aromatic heterocycles. The van der Waals surface area contributed by atoms with E-state index in [9.17, 15) is 18.0 Å². The second-order valence-electron chi connectivity index (χ2n) is 16.2. The highest BCUT2D eigenvalue weighted by molar-refractivity contribution is 7.91. The Hall–Kier alpha value is -3.87. The fraction of sp³-hybridized carbons (Fsp3) is 0.535. The number of piperidine rings is 1. The Balaban J connectivity index is 1.00. The number of hydrogen-bond donors (Lipinski definition) is 1. The smallest absolute Gasteiger partial charge is 0.305 e. The number of ether oxygens (including phenoxy) is 1. The number of benzene rings is 3. The summed E-state index contributed by atoms with van der Waals surface area (Å²) in [6.07, 6.45) is 6.27. The number of anilines is 1. The minimum absolute atomic E-state index is 0.0989. The van der Waals surface area contributed by atoms with Gasteiger partial charge in [-0.3, -0.25) is 14.5 Å². The van der Waals surface area contributed by atoms with Crippen molar-refractivity contribution in [1.29, 1.82) is 0 Å². The van der Waals surface area contributed by atoms with Crippen LogP contribution in [0.25, 0.3) is 0 Å². The Kier molecular flexibility index (Phi) is 11.7. The van der Waals surface area contributed by atoms with Gasteiger partial charge in [-0.25, -0.2) is 17.2 Å². The van der Waals surface area contributed by atoms with Crippen LogP contribution >= 0.6 is 0 Å². The zero-order valence-electron chi connectivity index (χ0n) is 32.0. The van der Waals surface area contributed by atoms with Gasteiger partial charge in [0.15, 0.2) is 5.67 Å². The molecule has 3 atom stereocenters. The van der Waals surface area contributed by atoms with E-state index in [1.165, 1.54) is 37.4 Å². The van der Waals surface area contributed by atoms with Crippen LogP contribution in [0, 0.1) is 23.6 Å². The minimum atomic E-state index is -3.80. The number of nitrogens with one attached hydrogen (secondary N) is 1. The van der Waals surface area contributed by atoms with Crippen molar-refractivity contribution in [1.82, 2.24) is 15.1 Å². The molecule has 0 bridgehead atoms. The van der Waals surface area contributed by atoms with E-state index in [2.05, 4.69) is 21.2 Å². The van der Waals surface area contributed by atoms with E-state index >= 15 is 8.78 Å². The maximum atomic E-state index is 16.3. The highest BCUT2D eigenvalue weighted by Crippen LogP contribution is 2.54.